The van der Waals surface area contributed by atoms with Crippen LogP contribution in [0.25, 0.3) is 21.3 Å². The van der Waals surface area contributed by atoms with Crippen molar-refractivity contribution < 1.29 is 4.39 Å². The summed E-state index contributed by atoms with van der Waals surface area (Å²) in [6, 6.07) is 6.34. The number of nitrogens with one attached hydrogen (secondary N) is 1. The highest BCUT2D eigenvalue weighted by atomic mass is 35.5. The first-order chi connectivity index (χ1) is 10.2. The van der Waals surface area contributed by atoms with Gasteiger partial charge in [-0.2, -0.15) is 0 Å². The number of nitrogens with zero attached hydrogens (tertiary/aromatic N) is 2. The number of thiophene rings is 1. The van der Waals surface area contributed by atoms with Crippen LogP contribution >= 0.6 is 22.9 Å². The van der Waals surface area contributed by atoms with Gasteiger partial charge in [-0.3, -0.25) is 0 Å². The largest absolute Gasteiger partial charge is 0.354 e. The van der Waals surface area contributed by atoms with Crippen LogP contribution in [0.1, 0.15) is 13.3 Å². The molecule has 0 amide bonds. The van der Waals surface area contributed by atoms with E-state index < -0.39 is 0 Å². The second-order valence-electron chi connectivity index (χ2n) is 4.60. The maximum absolute atomic E-state index is 13.0. The van der Waals surface area contributed by atoms with E-state index in [-0.39, 0.29) is 5.82 Å². The van der Waals surface area contributed by atoms with E-state index >= 15 is 0 Å². The van der Waals surface area contributed by atoms with Gasteiger partial charge in [-0.1, -0.05) is 30.7 Å². The van der Waals surface area contributed by atoms with Crippen molar-refractivity contribution in [3.8, 4) is 11.1 Å². The molecule has 0 aliphatic rings. The van der Waals surface area contributed by atoms with Crippen LogP contribution in [0, 0.1) is 5.82 Å². The third kappa shape index (κ3) is 2.84. The monoisotopic (exact) mass is 321 g/mol. The summed E-state index contributed by atoms with van der Waals surface area (Å²) in [6.07, 6.45) is 0.990. The van der Waals surface area contributed by atoms with Gasteiger partial charge in [-0.05, 0) is 24.1 Å². The molecule has 6 heteroatoms. The zero-order chi connectivity index (χ0) is 14.8. The van der Waals surface area contributed by atoms with Crippen LogP contribution < -0.4 is 5.32 Å². The van der Waals surface area contributed by atoms with Crippen LogP contribution in [-0.4, -0.2) is 16.5 Å². The van der Waals surface area contributed by atoms with E-state index in [1.54, 1.807) is 12.1 Å². The van der Waals surface area contributed by atoms with E-state index in [1.165, 1.54) is 23.5 Å². The Morgan fingerprint density at radius 2 is 2.00 bits per heavy atom. The molecule has 0 saturated carbocycles. The molecule has 0 radical (unpaired) electrons. The minimum absolute atomic E-state index is 0.258. The van der Waals surface area contributed by atoms with Crippen molar-refractivity contribution in [2.75, 3.05) is 11.9 Å². The molecule has 3 aromatic rings. The van der Waals surface area contributed by atoms with Crippen molar-refractivity contribution in [2.24, 2.45) is 0 Å². The molecule has 0 bridgehead atoms. The van der Waals surface area contributed by atoms with Gasteiger partial charge in [-0.25, -0.2) is 14.4 Å². The average molecular weight is 322 g/mol. The Labute approximate surface area is 130 Å². The molecule has 0 aliphatic carbocycles. The highest BCUT2D eigenvalue weighted by Crippen LogP contribution is 2.37. The number of hydrogen-bond donors (Lipinski definition) is 1. The fourth-order valence-corrected chi connectivity index (χ4v) is 3.33. The van der Waals surface area contributed by atoms with Gasteiger partial charge < -0.3 is 5.32 Å². The highest BCUT2D eigenvalue weighted by molar-refractivity contribution is 7.17. The zero-order valence-corrected chi connectivity index (χ0v) is 12.9. The Kier molecular flexibility index (Phi) is 4.03. The molecule has 3 nitrogen and oxygen atoms in total. The lowest BCUT2D eigenvalue weighted by Gasteiger charge is -2.05. The number of anilines is 1. The Hall–Kier alpha value is -1.72. The lowest BCUT2D eigenvalue weighted by molar-refractivity contribution is 0.628. The molecule has 1 aromatic carbocycles. The maximum atomic E-state index is 13.0. The van der Waals surface area contributed by atoms with E-state index in [4.69, 9.17) is 11.6 Å². The van der Waals surface area contributed by atoms with Gasteiger partial charge in [0.15, 0.2) is 0 Å². The van der Waals surface area contributed by atoms with Gasteiger partial charge in [0.2, 0.25) is 5.95 Å². The summed E-state index contributed by atoms with van der Waals surface area (Å²) >= 11 is 7.82. The molecule has 0 unspecified atom stereocenters. The van der Waals surface area contributed by atoms with Gasteiger partial charge in [-0.15, -0.1) is 11.3 Å². The first kappa shape index (κ1) is 14.2. The van der Waals surface area contributed by atoms with Crippen molar-refractivity contribution in [3.05, 3.63) is 40.6 Å². The summed E-state index contributed by atoms with van der Waals surface area (Å²) in [5.74, 6) is 0.286. The maximum Gasteiger partial charge on any atom is 0.225 e. The Morgan fingerprint density at radius 1 is 1.24 bits per heavy atom. The second kappa shape index (κ2) is 5.95. The molecule has 1 N–H and O–H groups in total. The summed E-state index contributed by atoms with van der Waals surface area (Å²) < 4.78 is 13.0. The average Bonchev–Trinajstić information content (AvgIpc) is 2.90. The second-order valence-corrected chi connectivity index (χ2v) is 5.82. The molecule has 108 valence electrons. The van der Waals surface area contributed by atoms with E-state index in [1.807, 2.05) is 5.38 Å². The van der Waals surface area contributed by atoms with Crippen molar-refractivity contribution in [1.29, 1.82) is 0 Å². The molecule has 21 heavy (non-hydrogen) atoms. The fraction of sp³-hybridized carbons (Fsp3) is 0.200. The summed E-state index contributed by atoms with van der Waals surface area (Å²) in [5, 5.41) is 6.34. The van der Waals surface area contributed by atoms with Crippen molar-refractivity contribution in [2.45, 2.75) is 13.3 Å². The predicted molar refractivity (Wildman–Crippen MR) is 86.6 cm³/mol. The molecular weight excluding hydrogens is 309 g/mol. The number of aromatic nitrogens is 2. The van der Waals surface area contributed by atoms with Crippen molar-refractivity contribution in [3.63, 3.8) is 0 Å². The number of benzene rings is 1. The first-order valence-corrected chi connectivity index (χ1v) is 7.89. The Bertz CT molecular complexity index is 770. The fourth-order valence-electron chi connectivity index (χ4n) is 2.06. The van der Waals surface area contributed by atoms with Crippen LogP contribution in [0.4, 0.5) is 10.3 Å². The molecule has 3 rings (SSSR count). The zero-order valence-electron chi connectivity index (χ0n) is 11.4. The van der Waals surface area contributed by atoms with E-state index in [9.17, 15) is 4.39 Å². The number of rotatable bonds is 4. The van der Waals surface area contributed by atoms with Crippen LogP contribution in [0.3, 0.4) is 0 Å². The lowest BCUT2D eigenvalue weighted by Crippen LogP contribution is -2.04. The molecular formula is C15H13ClFN3S. The molecule has 2 heterocycles. The third-order valence-electron chi connectivity index (χ3n) is 3.08. The Balaban J connectivity index is 2.07. The van der Waals surface area contributed by atoms with Gasteiger partial charge in [0, 0.05) is 17.5 Å². The normalized spacial score (nSPS) is 11.0. The Morgan fingerprint density at radius 3 is 2.71 bits per heavy atom. The quantitative estimate of drug-likeness (QED) is 0.689. The number of hydrogen-bond acceptors (Lipinski definition) is 4. The van der Waals surface area contributed by atoms with Crippen molar-refractivity contribution in [1.82, 2.24) is 9.97 Å². The molecule has 0 atom stereocenters. The smallest absolute Gasteiger partial charge is 0.225 e. The van der Waals surface area contributed by atoms with E-state index in [0.29, 0.717) is 11.1 Å². The van der Waals surface area contributed by atoms with Crippen LogP contribution in [-0.2, 0) is 0 Å². The van der Waals surface area contributed by atoms with Gasteiger partial charge in [0.25, 0.3) is 0 Å². The van der Waals surface area contributed by atoms with Gasteiger partial charge >= 0.3 is 0 Å². The molecule has 0 fully saturated rings. The summed E-state index contributed by atoms with van der Waals surface area (Å²) in [7, 11) is 0. The lowest BCUT2D eigenvalue weighted by atomic mass is 10.1. The molecule has 0 saturated heterocycles. The summed E-state index contributed by atoms with van der Waals surface area (Å²) in [4.78, 5) is 9.59. The minimum Gasteiger partial charge on any atom is -0.354 e. The molecule has 0 spiro atoms. The molecule has 0 aliphatic heterocycles. The van der Waals surface area contributed by atoms with Gasteiger partial charge in [0.1, 0.15) is 15.8 Å². The number of halogens is 2. The first-order valence-electron chi connectivity index (χ1n) is 6.63. The summed E-state index contributed by atoms with van der Waals surface area (Å²) in [5.41, 5.74) is 1.84. The van der Waals surface area contributed by atoms with Crippen LogP contribution in [0.15, 0.2) is 29.6 Å². The van der Waals surface area contributed by atoms with E-state index in [0.717, 1.165) is 34.3 Å². The SMILES string of the molecule is CCCNc1nc(Cl)c2c(-c3ccc(F)cc3)csc2n1. The van der Waals surface area contributed by atoms with Crippen LogP contribution in [0.2, 0.25) is 5.15 Å². The van der Waals surface area contributed by atoms with Crippen molar-refractivity contribution >= 4 is 39.1 Å². The standard InChI is InChI=1S/C15H13ClFN3S/c1-2-7-18-15-19-13(16)12-11(8-21-14(12)20-15)9-3-5-10(17)6-4-9/h3-6,8H,2,7H2,1H3,(H,18,19,20). The number of fused-ring (bicyclic) bond motifs is 1. The highest BCUT2D eigenvalue weighted by Gasteiger charge is 2.14. The van der Waals surface area contributed by atoms with Gasteiger partial charge in [0.05, 0.1) is 5.39 Å². The minimum atomic E-state index is -0.258. The van der Waals surface area contributed by atoms with E-state index in [2.05, 4.69) is 22.2 Å². The summed E-state index contributed by atoms with van der Waals surface area (Å²) in [6.45, 7) is 2.88. The topological polar surface area (TPSA) is 37.8 Å². The predicted octanol–water partition coefficient (Wildman–Crippen LogP) is 4.97. The molecule has 2 aromatic heterocycles. The third-order valence-corrected chi connectivity index (χ3v) is 4.22. The van der Waals surface area contributed by atoms with Crippen LogP contribution in [0.5, 0.6) is 0 Å².